The Bertz CT molecular complexity index is 668. The van der Waals surface area contributed by atoms with Gasteiger partial charge in [0, 0.05) is 16.8 Å². The number of nitrogens with zero attached hydrogens (tertiary/aromatic N) is 2. The molecular formula is C14H11ClN2. The van der Waals surface area contributed by atoms with Crippen molar-refractivity contribution in [1.82, 2.24) is 9.38 Å². The van der Waals surface area contributed by atoms with Gasteiger partial charge in [0.2, 0.25) is 0 Å². The van der Waals surface area contributed by atoms with Crippen LogP contribution in [0.15, 0.2) is 48.8 Å². The number of halogens is 1. The lowest BCUT2D eigenvalue weighted by Crippen LogP contribution is -1.89. The highest BCUT2D eigenvalue weighted by Crippen LogP contribution is 2.22. The lowest BCUT2D eigenvalue weighted by Gasteiger charge is -2.02. The summed E-state index contributed by atoms with van der Waals surface area (Å²) in [6, 6.07) is 11.9. The minimum atomic E-state index is 0.741. The predicted octanol–water partition coefficient (Wildman–Crippen LogP) is 3.96. The Kier molecular flexibility index (Phi) is 2.37. The highest BCUT2D eigenvalue weighted by molar-refractivity contribution is 6.30. The maximum absolute atomic E-state index is 5.89. The van der Waals surface area contributed by atoms with Crippen LogP contribution in [-0.4, -0.2) is 9.38 Å². The molecule has 0 unspecified atom stereocenters. The second-order valence-corrected chi connectivity index (χ2v) is 4.53. The zero-order chi connectivity index (χ0) is 11.8. The van der Waals surface area contributed by atoms with Crippen LogP contribution in [0.3, 0.4) is 0 Å². The van der Waals surface area contributed by atoms with Crippen molar-refractivity contribution in [2.45, 2.75) is 6.92 Å². The quantitative estimate of drug-likeness (QED) is 0.631. The normalized spacial score (nSPS) is 10.9. The Morgan fingerprint density at radius 2 is 1.82 bits per heavy atom. The van der Waals surface area contributed by atoms with Crippen LogP contribution in [0.2, 0.25) is 5.02 Å². The lowest BCUT2D eigenvalue weighted by atomic mass is 10.2. The standard InChI is InChI=1S/C14H11ClN2/c1-10-2-7-13-8-16-14(17(13)9-10)11-3-5-12(15)6-4-11/h2-9H,1H3. The van der Waals surface area contributed by atoms with E-state index in [9.17, 15) is 0 Å². The van der Waals surface area contributed by atoms with E-state index < -0.39 is 0 Å². The second kappa shape index (κ2) is 3.90. The minimum Gasteiger partial charge on any atom is -0.300 e. The Morgan fingerprint density at radius 1 is 1.06 bits per heavy atom. The summed E-state index contributed by atoms with van der Waals surface area (Å²) in [6.07, 6.45) is 3.97. The van der Waals surface area contributed by atoms with Crippen molar-refractivity contribution in [2.24, 2.45) is 0 Å². The van der Waals surface area contributed by atoms with Gasteiger partial charge in [0.25, 0.3) is 0 Å². The summed E-state index contributed by atoms with van der Waals surface area (Å²) in [5.41, 5.74) is 3.38. The fourth-order valence-electron chi connectivity index (χ4n) is 1.91. The van der Waals surface area contributed by atoms with Crippen molar-refractivity contribution >= 4 is 17.1 Å². The molecule has 1 aromatic carbocycles. The van der Waals surface area contributed by atoms with Gasteiger partial charge >= 0.3 is 0 Å². The zero-order valence-electron chi connectivity index (χ0n) is 9.39. The molecule has 0 saturated carbocycles. The highest BCUT2D eigenvalue weighted by Gasteiger charge is 2.05. The average molecular weight is 243 g/mol. The minimum absolute atomic E-state index is 0.741. The van der Waals surface area contributed by atoms with E-state index >= 15 is 0 Å². The van der Waals surface area contributed by atoms with E-state index in [2.05, 4.69) is 34.6 Å². The zero-order valence-corrected chi connectivity index (χ0v) is 10.1. The molecule has 0 radical (unpaired) electrons. The summed E-state index contributed by atoms with van der Waals surface area (Å²) in [6.45, 7) is 2.07. The molecule has 3 heteroatoms. The summed E-state index contributed by atoms with van der Waals surface area (Å²) in [5.74, 6) is 0.945. The van der Waals surface area contributed by atoms with Gasteiger partial charge in [-0.1, -0.05) is 17.7 Å². The molecule has 2 heterocycles. The number of aromatic nitrogens is 2. The van der Waals surface area contributed by atoms with E-state index in [0.29, 0.717) is 0 Å². The first-order valence-corrected chi connectivity index (χ1v) is 5.81. The molecule has 84 valence electrons. The van der Waals surface area contributed by atoms with Crippen LogP contribution >= 0.6 is 11.6 Å². The van der Waals surface area contributed by atoms with Gasteiger partial charge in [0.15, 0.2) is 0 Å². The van der Waals surface area contributed by atoms with E-state index in [1.54, 1.807) is 0 Å². The molecule has 0 N–H and O–H groups in total. The first kappa shape index (κ1) is 10.4. The molecule has 0 spiro atoms. The van der Waals surface area contributed by atoms with E-state index in [1.165, 1.54) is 5.56 Å². The molecule has 0 saturated heterocycles. The van der Waals surface area contributed by atoms with Crippen LogP contribution in [0, 0.1) is 6.92 Å². The van der Waals surface area contributed by atoms with Crippen molar-refractivity contribution < 1.29 is 0 Å². The van der Waals surface area contributed by atoms with Gasteiger partial charge in [-0.2, -0.15) is 0 Å². The number of benzene rings is 1. The van der Waals surface area contributed by atoms with Gasteiger partial charge in [-0.05, 0) is 42.8 Å². The van der Waals surface area contributed by atoms with E-state index in [0.717, 1.165) is 21.9 Å². The smallest absolute Gasteiger partial charge is 0.144 e. The van der Waals surface area contributed by atoms with Crippen LogP contribution in [0.25, 0.3) is 16.9 Å². The summed E-state index contributed by atoms with van der Waals surface area (Å²) >= 11 is 5.89. The Balaban J connectivity index is 2.23. The van der Waals surface area contributed by atoms with Gasteiger partial charge in [-0.15, -0.1) is 0 Å². The first-order chi connectivity index (χ1) is 8.24. The summed E-state index contributed by atoms with van der Waals surface area (Å²) < 4.78 is 2.10. The molecule has 0 atom stereocenters. The number of hydrogen-bond acceptors (Lipinski definition) is 1. The second-order valence-electron chi connectivity index (χ2n) is 4.09. The van der Waals surface area contributed by atoms with Crippen molar-refractivity contribution in [3.05, 3.63) is 59.4 Å². The highest BCUT2D eigenvalue weighted by atomic mass is 35.5. The lowest BCUT2D eigenvalue weighted by molar-refractivity contribution is 1.14. The number of aryl methyl sites for hydroxylation is 1. The molecule has 2 nitrogen and oxygen atoms in total. The summed E-state index contributed by atoms with van der Waals surface area (Å²) in [7, 11) is 0. The number of rotatable bonds is 1. The molecule has 0 aliphatic rings. The molecule has 3 aromatic rings. The summed E-state index contributed by atoms with van der Waals surface area (Å²) in [5, 5.41) is 0.741. The third-order valence-electron chi connectivity index (χ3n) is 2.78. The number of hydrogen-bond donors (Lipinski definition) is 0. The fraction of sp³-hybridized carbons (Fsp3) is 0.0714. The molecular weight excluding hydrogens is 232 g/mol. The SMILES string of the molecule is Cc1ccc2cnc(-c3ccc(Cl)cc3)n2c1. The van der Waals surface area contributed by atoms with E-state index in [-0.39, 0.29) is 0 Å². The van der Waals surface area contributed by atoms with Crippen LogP contribution in [-0.2, 0) is 0 Å². The van der Waals surface area contributed by atoms with Crippen LogP contribution in [0.5, 0.6) is 0 Å². The number of fused-ring (bicyclic) bond motifs is 1. The third kappa shape index (κ3) is 1.81. The molecule has 0 amide bonds. The largest absolute Gasteiger partial charge is 0.300 e. The maximum Gasteiger partial charge on any atom is 0.144 e. The van der Waals surface area contributed by atoms with Crippen LogP contribution in [0.4, 0.5) is 0 Å². The van der Waals surface area contributed by atoms with Crippen molar-refractivity contribution in [3.8, 4) is 11.4 Å². The van der Waals surface area contributed by atoms with Gasteiger partial charge in [-0.25, -0.2) is 4.98 Å². The Morgan fingerprint density at radius 3 is 2.59 bits per heavy atom. The molecule has 0 fully saturated rings. The third-order valence-corrected chi connectivity index (χ3v) is 3.03. The first-order valence-electron chi connectivity index (χ1n) is 5.44. The van der Waals surface area contributed by atoms with Crippen molar-refractivity contribution in [3.63, 3.8) is 0 Å². The maximum atomic E-state index is 5.89. The Hall–Kier alpha value is -1.80. The molecule has 3 rings (SSSR count). The molecule has 0 aliphatic heterocycles. The molecule has 2 aromatic heterocycles. The molecule has 17 heavy (non-hydrogen) atoms. The fourth-order valence-corrected chi connectivity index (χ4v) is 2.04. The van der Waals surface area contributed by atoms with Crippen LogP contribution in [0.1, 0.15) is 5.56 Å². The molecule has 0 aliphatic carbocycles. The van der Waals surface area contributed by atoms with Gasteiger partial charge in [0.05, 0.1) is 11.7 Å². The van der Waals surface area contributed by atoms with Gasteiger partial charge in [0.1, 0.15) is 5.82 Å². The molecule has 0 bridgehead atoms. The van der Waals surface area contributed by atoms with Crippen molar-refractivity contribution in [2.75, 3.05) is 0 Å². The predicted molar refractivity (Wildman–Crippen MR) is 70.4 cm³/mol. The number of imidazole rings is 1. The topological polar surface area (TPSA) is 17.3 Å². The average Bonchev–Trinajstić information content (AvgIpc) is 2.73. The van der Waals surface area contributed by atoms with Gasteiger partial charge in [-0.3, -0.25) is 4.40 Å². The van der Waals surface area contributed by atoms with E-state index in [1.807, 2.05) is 30.5 Å². The number of pyridine rings is 1. The Labute approximate surface area is 104 Å². The van der Waals surface area contributed by atoms with E-state index in [4.69, 9.17) is 11.6 Å². The monoisotopic (exact) mass is 242 g/mol. The van der Waals surface area contributed by atoms with Crippen LogP contribution < -0.4 is 0 Å². The van der Waals surface area contributed by atoms with Crippen molar-refractivity contribution in [1.29, 1.82) is 0 Å². The van der Waals surface area contributed by atoms with Gasteiger partial charge < -0.3 is 0 Å². The summed E-state index contributed by atoms with van der Waals surface area (Å²) in [4.78, 5) is 4.46.